The van der Waals surface area contributed by atoms with Gasteiger partial charge in [0.25, 0.3) is 5.91 Å². The minimum absolute atomic E-state index is 0.00283. The van der Waals surface area contributed by atoms with Crippen LogP contribution in [0.2, 0.25) is 5.02 Å². The van der Waals surface area contributed by atoms with E-state index in [0.717, 1.165) is 32.1 Å². The van der Waals surface area contributed by atoms with Crippen LogP contribution in [0.4, 0.5) is 5.69 Å². The summed E-state index contributed by atoms with van der Waals surface area (Å²) in [5.41, 5.74) is 0.872. The molecule has 1 aliphatic rings. The van der Waals surface area contributed by atoms with Crippen molar-refractivity contribution in [1.29, 1.82) is 0 Å². The summed E-state index contributed by atoms with van der Waals surface area (Å²) in [6.07, 6.45) is 5.01. The predicted octanol–water partition coefficient (Wildman–Crippen LogP) is 4.20. The van der Waals surface area contributed by atoms with Crippen molar-refractivity contribution in [2.45, 2.75) is 43.0 Å². The van der Waals surface area contributed by atoms with Gasteiger partial charge in [-0.1, -0.05) is 43.0 Å². The molecular weight excluding hydrogens is 372 g/mol. The fourth-order valence-corrected chi connectivity index (χ4v) is 4.54. The van der Waals surface area contributed by atoms with Gasteiger partial charge in [-0.05, 0) is 49.2 Å². The zero-order chi connectivity index (χ0) is 18.6. The van der Waals surface area contributed by atoms with Gasteiger partial charge in [0.2, 0.25) is 10.0 Å². The average molecular weight is 393 g/mol. The molecule has 0 spiro atoms. The van der Waals surface area contributed by atoms with Gasteiger partial charge in [0.15, 0.2) is 0 Å². The topological polar surface area (TPSA) is 75.3 Å². The Morgan fingerprint density at radius 2 is 1.62 bits per heavy atom. The zero-order valence-corrected chi connectivity index (χ0v) is 15.8. The second kappa shape index (κ2) is 8.20. The first kappa shape index (κ1) is 18.9. The Labute approximate surface area is 158 Å². The van der Waals surface area contributed by atoms with Crippen molar-refractivity contribution in [1.82, 2.24) is 4.72 Å². The van der Waals surface area contributed by atoms with Crippen molar-refractivity contribution in [2.24, 2.45) is 0 Å². The third kappa shape index (κ3) is 4.63. The molecule has 0 bridgehead atoms. The maximum absolute atomic E-state index is 12.5. The fourth-order valence-electron chi connectivity index (χ4n) is 3.05. The van der Waals surface area contributed by atoms with Crippen molar-refractivity contribution in [3.05, 3.63) is 59.1 Å². The van der Waals surface area contributed by atoms with Gasteiger partial charge in [-0.2, -0.15) is 0 Å². The van der Waals surface area contributed by atoms with Crippen LogP contribution in [-0.2, 0) is 10.0 Å². The summed E-state index contributed by atoms with van der Waals surface area (Å²) in [5, 5.41) is 3.16. The number of benzene rings is 2. The number of hydrogen-bond acceptors (Lipinski definition) is 3. The van der Waals surface area contributed by atoms with E-state index in [-0.39, 0.29) is 16.8 Å². The van der Waals surface area contributed by atoms with Crippen LogP contribution in [0.3, 0.4) is 0 Å². The van der Waals surface area contributed by atoms with E-state index in [1.54, 1.807) is 24.3 Å². The van der Waals surface area contributed by atoms with Gasteiger partial charge in [0.1, 0.15) is 0 Å². The Bertz CT molecular complexity index is 876. The maximum atomic E-state index is 12.5. The highest BCUT2D eigenvalue weighted by Gasteiger charge is 2.22. The highest BCUT2D eigenvalue weighted by atomic mass is 35.5. The molecule has 26 heavy (non-hydrogen) atoms. The van der Waals surface area contributed by atoms with Crippen molar-refractivity contribution >= 4 is 33.2 Å². The van der Waals surface area contributed by atoms with E-state index in [4.69, 9.17) is 11.6 Å². The molecule has 2 aromatic carbocycles. The van der Waals surface area contributed by atoms with Crippen LogP contribution in [0.15, 0.2) is 53.4 Å². The lowest BCUT2D eigenvalue weighted by molar-refractivity contribution is 0.102. The molecule has 0 unspecified atom stereocenters. The van der Waals surface area contributed by atoms with Gasteiger partial charge in [0.05, 0.1) is 15.6 Å². The van der Waals surface area contributed by atoms with E-state index in [2.05, 4.69) is 10.0 Å². The number of para-hydroxylation sites is 1. The molecule has 1 saturated carbocycles. The molecule has 138 valence electrons. The SMILES string of the molecule is O=C(Nc1ccccc1Cl)c1ccc(S(=O)(=O)NC2CCCCC2)cc1. The number of nitrogens with one attached hydrogen (secondary N) is 2. The monoisotopic (exact) mass is 392 g/mol. The first-order valence-corrected chi connectivity index (χ1v) is 10.5. The molecule has 0 aliphatic heterocycles. The van der Waals surface area contributed by atoms with Gasteiger partial charge < -0.3 is 5.32 Å². The lowest BCUT2D eigenvalue weighted by Gasteiger charge is -2.22. The predicted molar refractivity (Wildman–Crippen MR) is 103 cm³/mol. The van der Waals surface area contributed by atoms with Crippen LogP contribution in [0.1, 0.15) is 42.5 Å². The molecular formula is C19H21ClN2O3S. The van der Waals surface area contributed by atoms with Gasteiger partial charge in [0, 0.05) is 11.6 Å². The van der Waals surface area contributed by atoms with Crippen molar-refractivity contribution < 1.29 is 13.2 Å². The van der Waals surface area contributed by atoms with Crippen molar-refractivity contribution in [3.63, 3.8) is 0 Å². The quantitative estimate of drug-likeness (QED) is 0.800. The summed E-state index contributed by atoms with van der Waals surface area (Å²) in [6, 6.07) is 12.8. The second-order valence-electron chi connectivity index (χ2n) is 6.41. The number of anilines is 1. The molecule has 5 nitrogen and oxygen atoms in total. The van der Waals surface area contributed by atoms with Crippen LogP contribution in [0.25, 0.3) is 0 Å². The van der Waals surface area contributed by atoms with Crippen LogP contribution >= 0.6 is 11.6 Å². The Kier molecular flexibility index (Phi) is 5.96. The van der Waals surface area contributed by atoms with E-state index in [1.165, 1.54) is 24.3 Å². The second-order valence-corrected chi connectivity index (χ2v) is 8.54. The third-order valence-electron chi connectivity index (χ3n) is 4.48. The number of carbonyl (C=O) groups is 1. The van der Waals surface area contributed by atoms with E-state index in [9.17, 15) is 13.2 Å². The summed E-state index contributed by atoms with van der Waals surface area (Å²) < 4.78 is 27.7. The molecule has 1 aliphatic carbocycles. The molecule has 3 rings (SSSR count). The maximum Gasteiger partial charge on any atom is 0.255 e. The average Bonchev–Trinajstić information content (AvgIpc) is 2.64. The summed E-state index contributed by atoms with van der Waals surface area (Å²) in [4.78, 5) is 12.5. The molecule has 0 radical (unpaired) electrons. The number of carbonyl (C=O) groups excluding carboxylic acids is 1. The Morgan fingerprint density at radius 3 is 2.27 bits per heavy atom. The number of amides is 1. The van der Waals surface area contributed by atoms with Crippen molar-refractivity contribution in [3.8, 4) is 0 Å². The molecule has 0 heterocycles. The number of rotatable bonds is 5. The normalized spacial score (nSPS) is 15.6. The molecule has 0 atom stereocenters. The van der Waals surface area contributed by atoms with E-state index in [1.807, 2.05) is 0 Å². The van der Waals surface area contributed by atoms with Crippen LogP contribution < -0.4 is 10.0 Å². The van der Waals surface area contributed by atoms with Crippen LogP contribution in [0, 0.1) is 0 Å². The van der Waals surface area contributed by atoms with Crippen LogP contribution in [-0.4, -0.2) is 20.4 Å². The lowest BCUT2D eigenvalue weighted by atomic mass is 9.96. The number of hydrogen-bond donors (Lipinski definition) is 2. The highest BCUT2D eigenvalue weighted by molar-refractivity contribution is 7.89. The highest BCUT2D eigenvalue weighted by Crippen LogP contribution is 2.22. The molecule has 2 N–H and O–H groups in total. The van der Waals surface area contributed by atoms with Gasteiger partial charge in [-0.15, -0.1) is 0 Å². The summed E-state index contributed by atoms with van der Waals surface area (Å²) in [6.45, 7) is 0. The molecule has 0 aromatic heterocycles. The van der Waals surface area contributed by atoms with Crippen molar-refractivity contribution in [2.75, 3.05) is 5.32 Å². The zero-order valence-electron chi connectivity index (χ0n) is 14.2. The third-order valence-corrected chi connectivity index (χ3v) is 6.34. The minimum Gasteiger partial charge on any atom is -0.321 e. The smallest absolute Gasteiger partial charge is 0.255 e. The first-order chi connectivity index (χ1) is 12.5. The van der Waals surface area contributed by atoms with E-state index in [0.29, 0.717) is 16.3 Å². The van der Waals surface area contributed by atoms with Crippen LogP contribution in [0.5, 0.6) is 0 Å². The fraction of sp³-hybridized carbons (Fsp3) is 0.316. The largest absolute Gasteiger partial charge is 0.321 e. The van der Waals surface area contributed by atoms with E-state index < -0.39 is 10.0 Å². The summed E-state index contributed by atoms with van der Waals surface area (Å²) in [5.74, 6) is -0.345. The Morgan fingerprint density at radius 1 is 0.962 bits per heavy atom. The van der Waals surface area contributed by atoms with Gasteiger partial charge in [-0.25, -0.2) is 13.1 Å². The van der Waals surface area contributed by atoms with Gasteiger partial charge >= 0.3 is 0 Å². The molecule has 2 aromatic rings. The Balaban J connectivity index is 1.69. The molecule has 1 amide bonds. The molecule has 0 saturated heterocycles. The molecule has 1 fully saturated rings. The van der Waals surface area contributed by atoms with Gasteiger partial charge in [-0.3, -0.25) is 4.79 Å². The standard InChI is InChI=1S/C19H21ClN2O3S/c20-17-8-4-5-9-18(17)21-19(23)14-10-12-16(13-11-14)26(24,25)22-15-6-2-1-3-7-15/h4-5,8-13,15,22H,1-3,6-7H2,(H,21,23). The minimum atomic E-state index is -3.57. The number of sulfonamides is 1. The lowest BCUT2D eigenvalue weighted by Crippen LogP contribution is -2.36. The summed E-state index contributed by atoms with van der Waals surface area (Å²) in [7, 11) is -3.57. The first-order valence-electron chi connectivity index (χ1n) is 8.64. The summed E-state index contributed by atoms with van der Waals surface area (Å²) >= 11 is 6.03. The van der Waals surface area contributed by atoms with E-state index >= 15 is 0 Å². The number of halogens is 1. The molecule has 7 heteroatoms. The Hall–Kier alpha value is -1.89.